The summed E-state index contributed by atoms with van der Waals surface area (Å²) >= 11 is 0. The Morgan fingerprint density at radius 2 is 1.70 bits per heavy atom. The van der Waals surface area contributed by atoms with Gasteiger partial charge < -0.3 is 9.73 Å². The van der Waals surface area contributed by atoms with Crippen molar-refractivity contribution in [2.24, 2.45) is 11.8 Å². The summed E-state index contributed by atoms with van der Waals surface area (Å²) in [6, 6.07) is 17.2. The number of nitrogens with one attached hydrogen (secondary N) is 1. The number of hydrogen-bond acceptors (Lipinski definition) is 6. The summed E-state index contributed by atoms with van der Waals surface area (Å²) in [4.78, 5) is 26.6. The molecule has 1 aliphatic heterocycles. The second-order valence-electron chi connectivity index (χ2n) is 10.7. The van der Waals surface area contributed by atoms with E-state index in [9.17, 15) is 22.4 Å². The number of rotatable bonds is 8. The summed E-state index contributed by atoms with van der Waals surface area (Å²) in [5, 5.41) is 3.62. The molecule has 1 aliphatic rings. The molecule has 5 rings (SSSR count). The molecule has 9 heteroatoms. The summed E-state index contributed by atoms with van der Waals surface area (Å²) in [6.45, 7) is 6.36. The van der Waals surface area contributed by atoms with Crippen molar-refractivity contribution in [3.05, 3.63) is 95.0 Å². The molecule has 3 aromatic carbocycles. The smallest absolute Gasteiger partial charge is 0.243 e. The third-order valence-electron chi connectivity index (χ3n) is 7.29. The SMILES string of the molecule is Cc1ccc(C(=O)c2oc3ccccc3c2NCC(=O)c2cccc(S(=O)(=O)N3CC(C)CC(C)C3)c2)cc1F. The number of sulfonamides is 1. The fourth-order valence-corrected chi connectivity index (χ4v) is 7.02. The van der Waals surface area contributed by atoms with Crippen LogP contribution in [0.25, 0.3) is 11.0 Å². The van der Waals surface area contributed by atoms with Crippen LogP contribution in [0.3, 0.4) is 0 Å². The van der Waals surface area contributed by atoms with Gasteiger partial charge in [0.15, 0.2) is 11.5 Å². The quantitative estimate of drug-likeness (QED) is 0.262. The molecule has 1 saturated heterocycles. The van der Waals surface area contributed by atoms with E-state index in [-0.39, 0.29) is 45.9 Å². The van der Waals surface area contributed by atoms with Crippen LogP contribution in [-0.4, -0.2) is 43.9 Å². The van der Waals surface area contributed by atoms with Gasteiger partial charge in [-0.25, -0.2) is 12.8 Å². The van der Waals surface area contributed by atoms with Crippen LogP contribution in [0.2, 0.25) is 0 Å². The summed E-state index contributed by atoms with van der Waals surface area (Å²) in [5.74, 6) is -0.918. The number of fused-ring (bicyclic) bond motifs is 1. The van der Waals surface area contributed by atoms with Gasteiger partial charge in [-0.3, -0.25) is 9.59 Å². The van der Waals surface area contributed by atoms with Crippen molar-refractivity contribution in [1.82, 2.24) is 4.31 Å². The molecule has 1 N–H and O–H groups in total. The minimum Gasteiger partial charge on any atom is -0.450 e. The number of aryl methyl sites for hydroxylation is 1. The first-order valence-corrected chi connectivity index (χ1v) is 14.7. The van der Waals surface area contributed by atoms with Gasteiger partial charge in [-0.1, -0.05) is 50.2 Å². The number of para-hydroxylation sites is 1. The Balaban J connectivity index is 1.40. The Morgan fingerprint density at radius 1 is 0.975 bits per heavy atom. The van der Waals surface area contributed by atoms with E-state index in [4.69, 9.17) is 4.42 Å². The maximum absolute atomic E-state index is 14.2. The lowest BCUT2D eigenvalue weighted by atomic mass is 9.94. The van der Waals surface area contributed by atoms with E-state index in [0.29, 0.717) is 35.3 Å². The van der Waals surface area contributed by atoms with E-state index < -0.39 is 21.6 Å². The standard InChI is InChI=1S/C31H31FN2O5S/c1-19-13-20(2)18-34(17-19)40(37,38)24-8-6-7-22(14-24)27(35)16-33-29-25-9-4-5-10-28(25)39-31(29)30(36)23-12-11-21(3)26(32)15-23/h4-12,14-15,19-20,33H,13,16-18H2,1-3H3. The number of piperidine rings is 1. The number of Topliss-reactive ketones (excluding diaryl/α,β-unsaturated/α-hetero) is 1. The van der Waals surface area contributed by atoms with Crippen LogP contribution in [0.15, 0.2) is 76.0 Å². The zero-order valence-electron chi connectivity index (χ0n) is 22.6. The van der Waals surface area contributed by atoms with Crippen molar-refractivity contribution < 1.29 is 26.8 Å². The number of anilines is 1. The third-order valence-corrected chi connectivity index (χ3v) is 9.12. The lowest BCUT2D eigenvalue weighted by molar-refractivity contribution is 0.0997. The van der Waals surface area contributed by atoms with E-state index in [0.717, 1.165) is 12.5 Å². The molecular weight excluding hydrogens is 531 g/mol. The van der Waals surface area contributed by atoms with Gasteiger partial charge in [0.1, 0.15) is 11.4 Å². The van der Waals surface area contributed by atoms with E-state index >= 15 is 0 Å². The highest BCUT2D eigenvalue weighted by Crippen LogP contribution is 2.33. The van der Waals surface area contributed by atoms with Crippen LogP contribution < -0.4 is 5.32 Å². The van der Waals surface area contributed by atoms with E-state index in [2.05, 4.69) is 5.32 Å². The summed E-state index contributed by atoms with van der Waals surface area (Å²) in [7, 11) is -3.76. The van der Waals surface area contributed by atoms with Gasteiger partial charge in [0.05, 0.1) is 17.1 Å². The highest BCUT2D eigenvalue weighted by Gasteiger charge is 2.32. The van der Waals surface area contributed by atoms with Crippen molar-refractivity contribution in [3.8, 4) is 0 Å². The molecule has 0 saturated carbocycles. The molecule has 0 bridgehead atoms. The van der Waals surface area contributed by atoms with Gasteiger partial charge in [-0.15, -0.1) is 0 Å². The predicted octanol–water partition coefficient (Wildman–Crippen LogP) is 6.07. The number of furan rings is 1. The number of nitrogens with zero attached hydrogens (tertiary/aromatic N) is 1. The minimum atomic E-state index is -3.76. The molecule has 4 aromatic rings. The number of carbonyl (C=O) groups is 2. The number of halogens is 1. The number of hydrogen-bond donors (Lipinski definition) is 1. The van der Waals surface area contributed by atoms with Crippen molar-refractivity contribution in [3.63, 3.8) is 0 Å². The van der Waals surface area contributed by atoms with Crippen LogP contribution in [0.1, 0.15) is 52.3 Å². The first-order valence-electron chi connectivity index (χ1n) is 13.2. The molecule has 7 nitrogen and oxygen atoms in total. The van der Waals surface area contributed by atoms with Gasteiger partial charge in [0.25, 0.3) is 0 Å². The van der Waals surface area contributed by atoms with Crippen LogP contribution in [-0.2, 0) is 10.0 Å². The molecule has 1 fully saturated rings. The van der Waals surface area contributed by atoms with Gasteiger partial charge in [-0.05, 0) is 61.1 Å². The Bertz CT molecular complexity index is 1700. The van der Waals surface area contributed by atoms with Gasteiger partial charge in [-0.2, -0.15) is 4.31 Å². The second-order valence-corrected chi connectivity index (χ2v) is 12.6. The van der Waals surface area contributed by atoms with Crippen molar-refractivity contribution in [2.75, 3.05) is 25.0 Å². The Hall–Kier alpha value is -3.82. The highest BCUT2D eigenvalue weighted by atomic mass is 32.2. The molecule has 208 valence electrons. The summed E-state index contributed by atoms with van der Waals surface area (Å²) in [5.41, 5.74) is 1.52. The van der Waals surface area contributed by atoms with Crippen LogP contribution in [0.5, 0.6) is 0 Å². The monoisotopic (exact) mass is 562 g/mol. The zero-order chi connectivity index (χ0) is 28.6. The Kier molecular flexibility index (Phi) is 7.61. The zero-order valence-corrected chi connectivity index (χ0v) is 23.4. The van der Waals surface area contributed by atoms with Gasteiger partial charge in [0, 0.05) is 29.6 Å². The largest absolute Gasteiger partial charge is 0.450 e. The molecule has 0 radical (unpaired) electrons. The molecule has 40 heavy (non-hydrogen) atoms. The minimum absolute atomic E-state index is 0.0399. The first-order chi connectivity index (χ1) is 19.0. The van der Waals surface area contributed by atoms with Crippen molar-refractivity contribution in [1.29, 1.82) is 0 Å². The maximum atomic E-state index is 14.2. The fraction of sp³-hybridized carbons (Fsp3) is 0.290. The van der Waals surface area contributed by atoms with Crippen LogP contribution in [0, 0.1) is 24.6 Å². The summed E-state index contributed by atoms with van der Waals surface area (Å²) in [6.07, 6.45) is 0.974. The average Bonchev–Trinajstić information content (AvgIpc) is 3.31. The van der Waals surface area contributed by atoms with E-state index in [1.54, 1.807) is 43.3 Å². The molecular formula is C31H31FN2O5S. The topological polar surface area (TPSA) is 96.7 Å². The third kappa shape index (κ3) is 5.44. The average molecular weight is 563 g/mol. The van der Waals surface area contributed by atoms with Crippen molar-refractivity contribution in [2.45, 2.75) is 32.1 Å². The fourth-order valence-electron chi connectivity index (χ4n) is 5.30. The number of carbonyl (C=O) groups excluding carboxylic acids is 2. The van der Waals surface area contributed by atoms with E-state index in [1.807, 2.05) is 13.8 Å². The van der Waals surface area contributed by atoms with Gasteiger partial charge >= 0.3 is 0 Å². The van der Waals surface area contributed by atoms with Gasteiger partial charge in [0.2, 0.25) is 15.8 Å². The molecule has 2 unspecified atom stereocenters. The molecule has 2 atom stereocenters. The molecule has 0 amide bonds. The highest BCUT2D eigenvalue weighted by molar-refractivity contribution is 7.89. The second kappa shape index (κ2) is 11.0. The van der Waals surface area contributed by atoms with Crippen molar-refractivity contribution >= 4 is 38.2 Å². The Labute approximate surface area is 233 Å². The molecule has 1 aromatic heterocycles. The number of benzene rings is 3. The lowest BCUT2D eigenvalue weighted by Crippen LogP contribution is -2.42. The van der Waals surface area contributed by atoms with Crippen LogP contribution >= 0.6 is 0 Å². The molecule has 0 spiro atoms. The lowest BCUT2D eigenvalue weighted by Gasteiger charge is -2.34. The maximum Gasteiger partial charge on any atom is 0.243 e. The van der Waals surface area contributed by atoms with Crippen LogP contribution in [0.4, 0.5) is 10.1 Å². The normalized spacial score (nSPS) is 18.1. The first kappa shape index (κ1) is 27.7. The Morgan fingerprint density at radius 3 is 2.42 bits per heavy atom. The molecule has 2 heterocycles. The predicted molar refractivity (Wildman–Crippen MR) is 152 cm³/mol. The summed E-state index contributed by atoms with van der Waals surface area (Å²) < 4.78 is 48.3. The van der Waals surface area contributed by atoms with E-state index in [1.165, 1.54) is 28.6 Å². The molecule has 0 aliphatic carbocycles. The number of ketones is 2.